The van der Waals surface area contributed by atoms with E-state index in [0.717, 1.165) is 5.69 Å². The van der Waals surface area contributed by atoms with Crippen LogP contribution in [0, 0.1) is 5.82 Å². The second-order valence-corrected chi connectivity index (χ2v) is 3.79. The third-order valence-corrected chi connectivity index (χ3v) is 2.62. The Bertz CT molecular complexity index is 665. The predicted molar refractivity (Wildman–Crippen MR) is 65.4 cm³/mol. The van der Waals surface area contributed by atoms with Gasteiger partial charge >= 0.3 is 0 Å². The van der Waals surface area contributed by atoms with Gasteiger partial charge in [-0.05, 0) is 18.2 Å². The van der Waals surface area contributed by atoms with Gasteiger partial charge in [-0.25, -0.2) is 14.4 Å². The molecule has 6 heteroatoms. The lowest BCUT2D eigenvalue weighted by atomic mass is 10.2. The summed E-state index contributed by atoms with van der Waals surface area (Å²) < 4.78 is 13.5. The molecule has 0 radical (unpaired) electrons. The molecule has 0 aliphatic heterocycles. The summed E-state index contributed by atoms with van der Waals surface area (Å²) in [6, 6.07) is 6.67. The molecule has 0 atom stereocenters. The first-order valence-electron chi connectivity index (χ1n) is 5.46. The lowest BCUT2D eigenvalue weighted by Crippen LogP contribution is -2.03. The molecule has 3 rings (SSSR count). The van der Waals surface area contributed by atoms with Crippen LogP contribution in [0.3, 0.4) is 0 Å². The average Bonchev–Trinajstić information content (AvgIpc) is 2.90. The first-order chi connectivity index (χ1) is 8.84. The molecule has 0 unspecified atom stereocenters. The lowest BCUT2D eigenvalue weighted by molar-refractivity contribution is 0.636. The summed E-state index contributed by atoms with van der Waals surface area (Å²) in [7, 11) is 0. The Morgan fingerprint density at radius 1 is 1.22 bits per heavy atom. The van der Waals surface area contributed by atoms with Crippen molar-refractivity contribution in [1.82, 2.24) is 20.2 Å². The second kappa shape index (κ2) is 4.40. The number of aromatic nitrogens is 4. The number of rotatable bonds is 3. The van der Waals surface area contributed by atoms with E-state index in [0.29, 0.717) is 23.3 Å². The van der Waals surface area contributed by atoms with E-state index in [1.165, 1.54) is 12.4 Å². The Morgan fingerprint density at radius 2 is 2.17 bits per heavy atom. The van der Waals surface area contributed by atoms with Crippen LogP contribution in [0.4, 0.5) is 10.2 Å². The molecule has 2 N–H and O–H groups in total. The number of H-pyrrole nitrogens is 1. The molecule has 0 bridgehead atoms. The van der Waals surface area contributed by atoms with E-state index in [1.54, 1.807) is 18.3 Å². The minimum atomic E-state index is -0.348. The van der Waals surface area contributed by atoms with Crippen molar-refractivity contribution in [2.45, 2.75) is 6.54 Å². The van der Waals surface area contributed by atoms with Crippen LogP contribution in [0.2, 0.25) is 0 Å². The molecule has 0 spiro atoms. The zero-order valence-electron chi connectivity index (χ0n) is 9.39. The van der Waals surface area contributed by atoms with E-state index in [4.69, 9.17) is 0 Å². The quantitative estimate of drug-likeness (QED) is 0.739. The van der Waals surface area contributed by atoms with Crippen LogP contribution in [-0.2, 0) is 6.54 Å². The molecule has 5 nitrogen and oxygen atoms in total. The largest absolute Gasteiger partial charge is 0.364 e. The van der Waals surface area contributed by atoms with E-state index in [9.17, 15) is 4.39 Å². The van der Waals surface area contributed by atoms with Gasteiger partial charge in [-0.1, -0.05) is 6.07 Å². The van der Waals surface area contributed by atoms with Gasteiger partial charge in [-0.3, -0.25) is 5.10 Å². The average molecular weight is 243 g/mol. The van der Waals surface area contributed by atoms with Crippen molar-refractivity contribution in [3.8, 4) is 0 Å². The Morgan fingerprint density at radius 3 is 3.00 bits per heavy atom. The van der Waals surface area contributed by atoms with E-state index in [1.807, 2.05) is 6.07 Å². The molecule has 2 heterocycles. The predicted octanol–water partition coefficient (Wildman–Crippen LogP) is 2.10. The fraction of sp³-hybridized carbons (Fsp3) is 0.0833. The molecular weight excluding hydrogens is 233 g/mol. The fourth-order valence-corrected chi connectivity index (χ4v) is 1.75. The number of nitrogens with one attached hydrogen (secondary N) is 2. The molecule has 1 aromatic carbocycles. The van der Waals surface area contributed by atoms with Gasteiger partial charge in [0.2, 0.25) is 0 Å². The highest BCUT2D eigenvalue weighted by Crippen LogP contribution is 2.21. The SMILES string of the molecule is Fc1cccc2c(NCc3ccn[nH]3)ncnc12. The lowest BCUT2D eigenvalue weighted by Gasteiger charge is -2.07. The minimum absolute atomic E-state index is 0.319. The van der Waals surface area contributed by atoms with Gasteiger partial charge < -0.3 is 5.32 Å². The highest BCUT2D eigenvalue weighted by atomic mass is 19.1. The number of anilines is 1. The van der Waals surface area contributed by atoms with Crippen LogP contribution in [0.15, 0.2) is 36.8 Å². The van der Waals surface area contributed by atoms with Gasteiger partial charge in [0.05, 0.1) is 12.2 Å². The Balaban J connectivity index is 1.94. The van der Waals surface area contributed by atoms with E-state index in [-0.39, 0.29) is 5.82 Å². The van der Waals surface area contributed by atoms with E-state index in [2.05, 4.69) is 25.5 Å². The van der Waals surface area contributed by atoms with Gasteiger partial charge in [0.1, 0.15) is 23.5 Å². The fourth-order valence-electron chi connectivity index (χ4n) is 1.75. The van der Waals surface area contributed by atoms with Crippen LogP contribution < -0.4 is 5.32 Å². The van der Waals surface area contributed by atoms with Gasteiger partial charge in [0.15, 0.2) is 0 Å². The monoisotopic (exact) mass is 243 g/mol. The molecule has 0 aliphatic rings. The molecule has 3 aromatic rings. The molecule has 0 saturated carbocycles. The number of benzene rings is 1. The molecule has 0 aliphatic carbocycles. The standard InChI is InChI=1S/C12H10FN5/c13-10-3-1-2-9-11(10)15-7-16-12(9)14-6-8-4-5-17-18-8/h1-5,7H,6H2,(H,17,18)(H,14,15,16). The Kier molecular flexibility index (Phi) is 2.60. The number of aromatic amines is 1. The molecule has 90 valence electrons. The third-order valence-electron chi connectivity index (χ3n) is 2.62. The molecule has 0 saturated heterocycles. The number of nitrogens with zero attached hydrogens (tertiary/aromatic N) is 3. The second-order valence-electron chi connectivity index (χ2n) is 3.79. The van der Waals surface area contributed by atoms with Crippen LogP contribution in [0.25, 0.3) is 10.9 Å². The summed E-state index contributed by atoms with van der Waals surface area (Å²) in [6.45, 7) is 0.544. The Labute approximate surface area is 102 Å². The molecule has 18 heavy (non-hydrogen) atoms. The van der Waals surface area contributed by atoms with Crippen molar-refractivity contribution < 1.29 is 4.39 Å². The third kappa shape index (κ3) is 1.88. The van der Waals surface area contributed by atoms with Crippen molar-refractivity contribution in [1.29, 1.82) is 0 Å². The zero-order chi connectivity index (χ0) is 12.4. The number of hydrogen-bond donors (Lipinski definition) is 2. The number of fused-ring (bicyclic) bond motifs is 1. The van der Waals surface area contributed by atoms with E-state index < -0.39 is 0 Å². The number of halogens is 1. The van der Waals surface area contributed by atoms with Crippen molar-refractivity contribution in [2.24, 2.45) is 0 Å². The summed E-state index contributed by atoms with van der Waals surface area (Å²) in [5, 5.41) is 10.5. The smallest absolute Gasteiger partial charge is 0.149 e. The minimum Gasteiger partial charge on any atom is -0.364 e. The Hall–Kier alpha value is -2.50. The summed E-state index contributed by atoms with van der Waals surface area (Å²) in [6.07, 6.45) is 3.02. The maximum absolute atomic E-state index is 13.5. The summed E-state index contributed by atoms with van der Waals surface area (Å²) >= 11 is 0. The molecule has 0 amide bonds. The van der Waals surface area contributed by atoms with Crippen LogP contribution >= 0.6 is 0 Å². The molecular formula is C12H10FN5. The van der Waals surface area contributed by atoms with Crippen molar-refractivity contribution >= 4 is 16.7 Å². The summed E-state index contributed by atoms with van der Waals surface area (Å²) in [5.41, 5.74) is 1.25. The van der Waals surface area contributed by atoms with Crippen molar-refractivity contribution in [3.63, 3.8) is 0 Å². The van der Waals surface area contributed by atoms with Gasteiger partial charge in [-0.2, -0.15) is 5.10 Å². The van der Waals surface area contributed by atoms with Gasteiger partial charge in [0.25, 0.3) is 0 Å². The zero-order valence-corrected chi connectivity index (χ0v) is 9.39. The first-order valence-corrected chi connectivity index (χ1v) is 5.46. The molecule has 0 fully saturated rings. The highest BCUT2D eigenvalue weighted by molar-refractivity contribution is 5.89. The van der Waals surface area contributed by atoms with Gasteiger partial charge in [0, 0.05) is 11.6 Å². The van der Waals surface area contributed by atoms with Crippen LogP contribution in [0.5, 0.6) is 0 Å². The van der Waals surface area contributed by atoms with E-state index >= 15 is 0 Å². The number of hydrogen-bond acceptors (Lipinski definition) is 4. The maximum atomic E-state index is 13.5. The highest BCUT2D eigenvalue weighted by Gasteiger charge is 2.06. The van der Waals surface area contributed by atoms with Crippen molar-refractivity contribution in [3.05, 3.63) is 48.3 Å². The topological polar surface area (TPSA) is 66.5 Å². The van der Waals surface area contributed by atoms with Crippen molar-refractivity contribution in [2.75, 3.05) is 5.32 Å². The number of para-hydroxylation sites is 1. The summed E-state index contributed by atoms with van der Waals surface area (Å²) in [5.74, 6) is 0.258. The van der Waals surface area contributed by atoms with Gasteiger partial charge in [-0.15, -0.1) is 0 Å². The summed E-state index contributed by atoms with van der Waals surface area (Å²) in [4.78, 5) is 8.06. The first kappa shape index (κ1) is 10.6. The van der Waals surface area contributed by atoms with Crippen LogP contribution in [-0.4, -0.2) is 20.2 Å². The normalized spacial score (nSPS) is 10.7. The van der Waals surface area contributed by atoms with Crippen LogP contribution in [0.1, 0.15) is 5.69 Å². The molecule has 2 aromatic heterocycles. The maximum Gasteiger partial charge on any atom is 0.149 e.